The Morgan fingerprint density at radius 2 is 1.95 bits per heavy atom. The second kappa shape index (κ2) is 7.47. The lowest BCUT2D eigenvalue weighted by Crippen LogP contribution is -2.40. The van der Waals surface area contributed by atoms with Crippen molar-refractivity contribution in [1.82, 2.24) is 10.0 Å². The third-order valence-electron chi connectivity index (χ3n) is 2.32. The molecule has 0 fully saturated rings. The Bertz CT molecular complexity index is 704. The van der Waals surface area contributed by atoms with E-state index in [1.54, 1.807) is 18.6 Å². The summed E-state index contributed by atoms with van der Waals surface area (Å²) in [6.07, 6.45) is 4.55. The molecule has 0 aliphatic carbocycles. The Kier molecular flexibility index (Phi) is 5.95. The molecule has 2 N–H and O–H groups in total. The van der Waals surface area contributed by atoms with Gasteiger partial charge < -0.3 is 10.1 Å². The highest BCUT2D eigenvalue weighted by Gasteiger charge is 2.25. The molecular weight excluding hydrogens is 308 g/mol. The molecule has 22 heavy (non-hydrogen) atoms. The summed E-state index contributed by atoms with van der Waals surface area (Å²) < 4.78 is 31.1. The number of rotatable bonds is 5. The van der Waals surface area contributed by atoms with Crippen LogP contribution in [0.2, 0.25) is 0 Å². The summed E-state index contributed by atoms with van der Waals surface area (Å²) in [5.74, 6) is 1.34. The smallest absolute Gasteiger partial charge is 0.339 e. The maximum Gasteiger partial charge on any atom is 0.339 e. The summed E-state index contributed by atoms with van der Waals surface area (Å²) in [7, 11) is -4.23. The molecule has 0 saturated carbocycles. The van der Waals surface area contributed by atoms with Crippen LogP contribution < -0.4 is 10.0 Å². The Labute approximate surface area is 129 Å². The zero-order chi connectivity index (χ0) is 16.8. The molecule has 8 heteroatoms. The van der Waals surface area contributed by atoms with Crippen LogP contribution in [0.4, 0.5) is 4.79 Å². The first-order valence-corrected chi connectivity index (χ1v) is 7.80. The van der Waals surface area contributed by atoms with E-state index in [9.17, 15) is 18.0 Å². The molecule has 0 atom stereocenters. The summed E-state index contributed by atoms with van der Waals surface area (Å²) in [4.78, 5) is 23.0. The first kappa shape index (κ1) is 17.5. The van der Waals surface area contributed by atoms with Gasteiger partial charge in [-0.25, -0.2) is 22.7 Å². The van der Waals surface area contributed by atoms with Crippen LogP contribution in [-0.4, -0.2) is 33.1 Å². The molecule has 7 nitrogen and oxygen atoms in total. The molecule has 1 rings (SSSR count). The number of amides is 2. The van der Waals surface area contributed by atoms with Crippen molar-refractivity contribution in [1.29, 1.82) is 0 Å². The van der Waals surface area contributed by atoms with Crippen LogP contribution in [0.3, 0.4) is 0 Å². The lowest BCUT2D eigenvalue weighted by Gasteiger charge is -2.12. The van der Waals surface area contributed by atoms with Crippen molar-refractivity contribution in [2.75, 3.05) is 6.54 Å². The second-order valence-electron chi connectivity index (χ2n) is 4.44. The fourth-order valence-corrected chi connectivity index (χ4v) is 2.62. The average molecular weight is 324 g/mol. The van der Waals surface area contributed by atoms with Gasteiger partial charge in [0.1, 0.15) is 4.90 Å². The molecule has 1 aromatic carbocycles. The molecule has 0 aromatic heterocycles. The monoisotopic (exact) mass is 324 g/mol. The van der Waals surface area contributed by atoms with Crippen molar-refractivity contribution in [2.45, 2.75) is 24.8 Å². The predicted molar refractivity (Wildman–Crippen MR) is 79.5 cm³/mol. The largest absolute Gasteiger partial charge is 0.459 e. The van der Waals surface area contributed by atoms with E-state index in [1.165, 1.54) is 24.3 Å². The molecule has 2 amide bonds. The van der Waals surface area contributed by atoms with Crippen LogP contribution in [-0.2, 0) is 14.8 Å². The minimum absolute atomic E-state index is 0.127. The topological polar surface area (TPSA) is 102 Å². The van der Waals surface area contributed by atoms with E-state index in [1.807, 2.05) is 0 Å². The fraction of sp³-hybridized carbons (Fsp3) is 0.286. The SMILES string of the molecule is C#CCNC(=O)NS(=O)(=O)c1ccccc1C(=O)OC(C)C. The van der Waals surface area contributed by atoms with Gasteiger partial charge >= 0.3 is 12.0 Å². The number of benzene rings is 1. The van der Waals surface area contributed by atoms with Crippen LogP contribution >= 0.6 is 0 Å². The summed E-state index contributed by atoms with van der Waals surface area (Å²) in [6, 6.07) is 4.45. The highest BCUT2D eigenvalue weighted by Crippen LogP contribution is 2.17. The summed E-state index contributed by atoms with van der Waals surface area (Å²) in [5, 5.41) is 2.16. The quantitative estimate of drug-likeness (QED) is 0.618. The average Bonchev–Trinajstić information content (AvgIpc) is 2.44. The molecule has 1 aromatic rings. The third kappa shape index (κ3) is 4.79. The Hall–Kier alpha value is -2.53. The molecular formula is C14H16N2O5S. The van der Waals surface area contributed by atoms with Crippen LogP contribution in [0.15, 0.2) is 29.2 Å². The van der Waals surface area contributed by atoms with E-state index < -0.39 is 28.1 Å². The number of hydrogen-bond donors (Lipinski definition) is 2. The Morgan fingerprint density at radius 3 is 2.55 bits per heavy atom. The van der Waals surface area contributed by atoms with Crippen molar-refractivity contribution >= 4 is 22.0 Å². The Morgan fingerprint density at radius 1 is 1.32 bits per heavy atom. The number of hydrogen-bond acceptors (Lipinski definition) is 5. The first-order valence-electron chi connectivity index (χ1n) is 6.32. The Balaban J connectivity index is 3.08. The van der Waals surface area contributed by atoms with Gasteiger partial charge in [-0.2, -0.15) is 0 Å². The minimum atomic E-state index is -4.23. The predicted octanol–water partition coefficient (Wildman–Crippen LogP) is 0.873. The number of nitrogens with one attached hydrogen (secondary N) is 2. The molecule has 0 unspecified atom stereocenters. The van der Waals surface area contributed by atoms with E-state index in [-0.39, 0.29) is 17.0 Å². The first-order chi connectivity index (χ1) is 10.3. The molecule has 0 aliphatic rings. The number of urea groups is 1. The van der Waals surface area contributed by atoms with Crippen molar-refractivity contribution in [3.05, 3.63) is 29.8 Å². The number of carbonyl (C=O) groups excluding carboxylic acids is 2. The molecule has 0 spiro atoms. The molecule has 0 radical (unpaired) electrons. The van der Waals surface area contributed by atoms with Gasteiger partial charge in [-0.05, 0) is 26.0 Å². The lowest BCUT2D eigenvalue weighted by atomic mass is 10.2. The van der Waals surface area contributed by atoms with Crippen LogP contribution in [0.1, 0.15) is 24.2 Å². The van der Waals surface area contributed by atoms with Gasteiger partial charge in [0.05, 0.1) is 18.2 Å². The van der Waals surface area contributed by atoms with Crippen molar-refractivity contribution < 1.29 is 22.7 Å². The molecule has 0 aliphatic heterocycles. The van der Waals surface area contributed by atoms with Gasteiger partial charge in [0.15, 0.2) is 0 Å². The molecule has 0 saturated heterocycles. The van der Waals surface area contributed by atoms with E-state index in [0.717, 1.165) is 0 Å². The van der Waals surface area contributed by atoms with Crippen LogP contribution in [0, 0.1) is 12.3 Å². The maximum atomic E-state index is 12.2. The van der Waals surface area contributed by atoms with E-state index in [4.69, 9.17) is 11.2 Å². The second-order valence-corrected chi connectivity index (χ2v) is 6.09. The van der Waals surface area contributed by atoms with Gasteiger partial charge in [-0.1, -0.05) is 18.1 Å². The highest BCUT2D eigenvalue weighted by atomic mass is 32.2. The van der Waals surface area contributed by atoms with Gasteiger partial charge in [-0.3, -0.25) is 0 Å². The van der Waals surface area contributed by atoms with Gasteiger partial charge in [0.25, 0.3) is 10.0 Å². The standard InChI is InChI=1S/C14H16N2O5S/c1-4-9-15-14(18)16-22(19,20)12-8-6-5-7-11(12)13(17)21-10(2)3/h1,5-8,10H,9H2,2-3H3,(H2,15,16,18). The van der Waals surface area contributed by atoms with Crippen molar-refractivity contribution in [3.63, 3.8) is 0 Å². The molecule has 0 bridgehead atoms. The number of ether oxygens (including phenoxy) is 1. The van der Waals surface area contributed by atoms with Gasteiger partial charge in [0.2, 0.25) is 0 Å². The lowest BCUT2D eigenvalue weighted by molar-refractivity contribution is 0.0373. The zero-order valence-corrected chi connectivity index (χ0v) is 12.9. The molecule has 0 heterocycles. The van der Waals surface area contributed by atoms with E-state index in [2.05, 4.69) is 11.2 Å². The minimum Gasteiger partial charge on any atom is -0.459 e. The van der Waals surface area contributed by atoms with Crippen LogP contribution in [0.5, 0.6) is 0 Å². The van der Waals surface area contributed by atoms with E-state index in [0.29, 0.717) is 0 Å². The van der Waals surface area contributed by atoms with E-state index >= 15 is 0 Å². The third-order valence-corrected chi connectivity index (χ3v) is 3.71. The highest BCUT2D eigenvalue weighted by molar-refractivity contribution is 7.90. The normalized spacial score (nSPS) is 10.6. The van der Waals surface area contributed by atoms with Crippen molar-refractivity contribution in [2.24, 2.45) is 0 Å². The number of sulfonamides is 1. The molecule has 118 valence electrons. The maximum absolute atomic E-state index is 12.2. The number of esters is 1. The summed E-state index contributed by atoms with van der Waals surface area (Å²) in [5.41, 5.74) is -0.159. The van der Waals surface area contributed by atoms with Gasteiger partial charge in [0, 0.05) is 0 Å². The van der Waals surface area contributed by atoms with Crippen LogP contribution in [0.25, 0.3) is 0 Å². The number of terminal acetylenes is 1. The zero-order valence-electron chi connectivity index (χ0n) is 12.1. The van der Waals surface area contributed by atoms with Crippen molar-refractivity contribution in [3.8, 4) is 12.3 Å². The number of carbonyl (C=O) groups is 2. The fourth-order valence-electron chi connectivity index (χ4n) is 1.49. The summed E-state index contributed by atoms with van der Waals surface area (Å²) >= 11 is 0. The summed E-state index contributed by atoms with van der Waals surface area (Å²) in [6.45, 7) is 3.15. The van der Waals surface area contributed by atoms with Gasteiger partial charge in [-0.15, -0.1) is 6.42 Å².